The molecule has 3 nitrogen and oxygen atoms in total. The van der Waals surface area contributed by atoms with E-state index in [1.54, 1.807) is 7.05 Å². The Morgan fingerprint density at radius 3 is 2.54 bits per heavy atom. The Bertz CT molecular complexity index is 717. The van der Waals surface area contributed by atoms with Gasteiger partial charge in [-0.2, -0.15) is 0 Å². The highest BCUT2D eigenvalue weighted by Gasteiger charge is 2.38. The lowest BCUT2D eigenvalue weighted by Gasteiger charge is -2.30. The smallest absolute Gasteiger partial charge is 0.140 e. The van der Waals surface area contributed by atoms with Gasteiger partial charge in [0.2, 0.25) is 0 Å². The van der Waals surface area contributed by atoms with Crippen molar-refractivity contribution in [2.24, 2.45) is 4.99 Å². The molecule has 1 aliphatic carbocycles. The topological polar surface area (TPSA) is 24.8 Å². The van der Waals surface area contributed by atoms with Gasteiger partial charge in [-0.25, -0.2) is 0 Å². The predicted molar refractivity (Wildman–Crippen MR) is 98.1 cm³/mol. The Morgan fingerprint density at radius 2 is 1.79 bits per heavy atom. The van der Waals surface area contributed by atoms with Crippen molar-refractivity contribution in [3.05, 3.63) is 65.2 Å². The van der Waals surface area contributed by atoms with Crippen LogP contribution in [0, 0.1) is 0 Å². The molecule has 2 aromatic rings. The maximum absolute atomic E-state index is 6.47. The fourth-order valence-corrected chi connectivity index (χ4v) is 4.00. The minimum atomic E-state index is 0.130. The monoisotopic (exact) mass is 320 g/mol. The van der Waals surface area contributed by atoms with Crippen LogP contribution < -0.4 is 4.74 Å². The number of aliphatic imine (C=N–C) groups is 1. The molecule has 1 saturated heterocycles. The van der Waals surface area contributed by atoms with Crippen LogP contribution in [0.5, 0.6) is 5.75 Å². The van der Waals surface area contributed by atoms with Gasteiger partial charge in [0.05, 0.1) is 6.04 Å². The van der Waals surface area contributed by atoms with E-state index in [1.165, 1.54) is 37.1 Å². The normalized spacial score (nSPS) is 23.7. The number of nitrogens with zero attached hydrogens (tertiary/aromatic N) is 2. The molecule has 3 heteroatoms. The first-order valence-electron chi connectivity index (χ1n) is 8.86. The Labute approximate surface area is 144 Å². The molecule has 0 N–H and O–H groups in total. The summed E-state index contributed by atoms with van der Waals surface area (Å²) in [6.45, 7) is 2.40. The first-order chi connectivity index (χ1) is 11.8. The molecule has 24 heavy (non-hydrogen) atoms. The average molecular weight is 320 g/mol. The second kappa shape index (κ2) is 6.78. The third-order valence-electron chi connectivity index (χ3n) is 5.17. The summed E-state index contributed by atoms with van der Waals surface area (Å²) < 4.78 is 6.47. The lowest BCUT2D eigenvalue weighted by molar-refractivity contribution is 0.0941. The Morgan fingerprint density at radius 1 is 1.04 bits per heavy atom. The molecule has 0 aromatic heterocycles. The van der Waals surface area contributed by atoms with Gasteiger partial charge in [-0.15, -0.1) is 0 Å². The van der Waals surface area contributed by atoms with E-state index in [2.05, 4.69) is 58.4 Å². The van der Waals surface area contributed by atoms with Crippen LogP contribution in [0.4, 0.5) is 0 Å². The summed E-state index contributed by atoms with van der Waals surface area (Å²) in [5.41, 5.74) is 3.90. The maximum Gasteiger partial charge on any atom is 0.140 e. The molecule has 4 rings (SSSR count). The summed E-state index contributed by atoms with van der Waals surface area (Å²) >= 11 is 0. The van der Waals surface area contributed by atoms with Gasteiger partial charge in [0.15, 0.2) is 0 Å². The number of benzene rings is 2. The Balaban J connectivity index is 1.59. The summed E-state index contributed by atoms with van der Waals surface area (Å²) in [5, 5.41) is 0. The maximum atomic E-state index is 6.47. The van der Waals surface area contributed by atoms with Crippen LogP contribution in [-0.2, 0) is 6.42 Å². The van der Waals surface area contributed by atoms with E-state index in [9.17, 15) is 0 Å². The van der Waals surface area contributed by atoms with Crippen LogP contribution in [0.15, 0.2) is 53.5 Å². The summed E-state index contributed by atoms with van der Waals surface area (Å²) in [4.78, 5) is 6.67. The van der Waals surface area contributed by atoms with Crippen molar-refractivity contribution in [2.45, 2.75) is 31.4 Å². The highest BCUT2D eigenvalue weighted by Crippen LogP contribution is 2.39. The van der Waals surface area contributed by atoms with Gasteiger partial charge in [-0.05, 0) is 73.3 Å². The molecule has 1 heterocycles. The zero-order chi connectivity index (χ0) is 16.4. The second-order valence-electron chi connectivity index (χ2n) is 6.71. The van der Waals surface area contributed by atoms with Gasteiger partial charge in [0, 0.05) is 13.3 Å². The summed E-state index contributed by atoms with van der Waals surface area (Å²) in [6.07, 6.45) is 5.71. The summed E-state index contributed by atoms with van der Waals surface area (Å²) in [5.74, 6) is 0.939. The fraction of sp³-hybridized carbons (Fsp3) is 0.381. The quantitative estimate of drug-likeness (QED) is 0.799. The van der Waals surface area contributed by atoms with Crippen LogP contribution in [-0.4, -0.2) is 37.3 Å². The number of fused-ring (bicyclic) bond motifs is 1. The summed E-state index contributed by atoms with van der Waals surface area (Å²) in [6, 6.07) is 17.4. The molecular formula is C21H24N2O. The number of hydrogen-bond donors (Lipinski definition) is 0. The van der Waals surface area contributed by atoms with E-state index in [0.717, 1.165) is 17.7 Å². The van der Waals surface area contributed by atoms with Crippen LogP contribution >= 0.6 is 0 Å². The molecule has 0 bridgehead atoms. The van der Waals surface area contributed by atoms with E-state index in [0.29, 0.717) is 6.04 Å². The third-order valence-corrected chi connectivity index (χ3v) is 5.17. The third kappa shape index (κ3) is 2.96. The molecule has 2 atom stereocenters. The highest BCUT2D eigenvalue weighted by molar-refractivity contribution is 5.79. The van der Waals surface area contributed by atoms with Crippen molar-refractivity contribution in [1.29, 1.82) is 0 Å². The predicted octanol–water partition coefficient (Wildman–Crippen LogP) is 3.88. The molecule has 0 radical (unpaired) electrons. The van der Waals surface area contributed by atoms with Gasteiger partial charge < -0.3 is 4.74 Å². The zero-order valence-electron chi connectivity index (χ0n) is 14.2. The first-order valence-corrected chi connectivity index (χ1v) is 8.86. The van der Waals surface area contributed by atoms with E-state index >= 15 is 0 Å². The molecule has 2 aliphatic rings. The Hall–Kier alpha value is -2.13. The SMILES string of the molecule is C/N=C/c1ccc(O[C@H]2c3ccccc3C[C@@H]2N2CCCC2)cc1. The summed E-state index contributed by atoms with van der Waals surface area (Å²) in [7, 11) is 1.79. The van der Waals surface area contributed by atoms with Crippen molar-refractivity contribution in [2.75, 3.05) is 20.1 Å². The molecule has 124 valence electrons. The minimum Gasteiger partial charge on any atom is -0.484 e. The van der Waals surface area contributed by atoms with Crippen LogP contribution in [0.3, 0.4) is 0 Å². The fourth-order valence-electron chi connectivity index (χ4n) is 4.00. The number of rotatable bonds is 4. The largest absolute Gasteiger partial charge is 0.484 e. The number of ether oxygens (including phenoxy) is 1. The van der Waals surface area contributed by atoms with Gasteiger partial charge in [-0.1, -0.05) is 24.3 Å². The molecule has 1 aliphatic heterocycles. The number of hydrogen-bond acceptors (Lipinski definition) is 3. The Kier molecular flexibility index (Phi) is 4.35. The minimum absolute atomic E-state index is 0.130. The van der Waals surface area contributed by atoms with E-state index < -0.39 is 0 Å². The van der Waals surface area contributed by atoms with Crippen molar-refractivity contribution < 1.29 is 4.74 Å². The van der Waals surface area contributed by atoms with Gasteiger partial charge in [0.25, 0.3) is 0 Å². The lowest BCUT2D eigenvalue weighted by atomic mass is 10.1. The van der Waals surface area contributed by atoms with Crippen molar-refractivity contribution in [3.63, 3.8) is 0 Å². The molecular weight excluding hydrogens is 296 g/mol. The van der Waals surface area contributed by atoms with E-state index in [4.69, 9.17) is 4.74 Å². The lowest BCUT2D eigenvalue weighted by Crippen LogP contribution is -2.37. The van der Waals surface area contributed by atoms with Crippen molar-refractivity contribution in [3.8, 4) is 5.75 Å². The van der Waals surface area contributed by atoms with E-state index in [-0.39, 0.29) is 6.10 Å². The van der Waals surface area contributed by atoms with Gasteiger partial charge >= 0.3 is 0 Å². The molecule has 0 unspecified atom stereocenters. The molecule has 0 spiro atoms. The van der Waals surface area contributed by atoms with Crippen LogP contribution in [0.25, 0.3) is 0 Å². The number of likely N-dealkylation sites (tertiary alicyclic amines) is 1. The first kappa shape index (κ1) is 15.4. The highest BCUT2D eigenvalue weighted by atomic mass is 16.5. The standard InChI is InChI=1S/C21H24N2O/c1-22-15-16-8-10-18(11-9-16)24-21-19-7-3-2-6-17(19)14-20(21)23-12-4-5-13-23/h2-3,6-11,15,20-21H,4-5,12-14H2,1H3/b22-15+/t20-,21-/m0/s1. The second-order valence-corrected chi connectivity index (χ2v) is 6.71. The molecule has 2 aromatic carbocycles. The van der Waals surface area contributed by atoms with Gasteiger partial charge in [0.1, 0.15) is 11.9 Å². The van der Waals surface area contributed by atoms with Crippen LogP contribution in [0.1, 0.15) is 35.6 Å². The van der Waals surface area contributed by atoms with E-state index in [1.807, 2.05) is 6.21 Å². The molecule has 1 fully saturated rings. The van der Waals surface area contributed by atoms with Crippen molar-refractivity contribution >= 4 is 6.21 Å². The molecule has 0 amide bonds. The average Bonchev–Trinajstić information content (AvgIpc) is 3.25. The van der Waals surface area contributed by atoms with Gasteiger partial charge in [-0.3, -0.25) is 9.89 Å². The zero-order valence-corrected chi connectivity index (χ0v) is 14.2. The van der Waals surface area contributed by atoms with Crippen molar-refractivity contribution in [1.82, 2.24) is 4.90 Å². The molecule has 0 saturated carbocycles. The van der Waals surface area contributed by atoms with Crippen LogP contribution in [0.2, 0.25) is 0 Å².